The van der Waals surface area contributed by atoms with Crippen LogP contribution in [0.3, 0.4) is 0 Å². The lowest BCUT2D eigenvalue weighted by atomic mass is 10.2. The van der Waals surface area contributed by atoms with Gasteiger partial charge in [-0.3, -0.25) is 4.79 Å². The molecule has 2 aromatic heterocycles. The second-order valence-electron chi connectivity index (χ2n) is 5.37. The van der Waals surface area contributed by atoms with Gasteiger partial charge in [0.1, 0.15) is 11.2 Å². The average molecular weight is 351 g/mol. The predicted octanol–water partition coefficient (Wildman–Crippen LogP) is 3.65. The summed E-state index contributed by atoms with van der Waals surface area (Å²) < 4.78 is 6.12. The van der Waals surface area contributed by atoms with E-state index in [1.165, 1.54) is 0 Å². The maximum absolute atomic E-state index is 12.2. The molecular formula is C19H17N3O2S. The molecule has 3 rings (SSSR count). The van der Waals surface area contributed by atoms with Gasteiger partial charge in [-0.1, -0.05) is 42.5 Å². The molecule has 6 heteroatoms. The second kappa shape index (κ2) is 8.21. The maximum atomic E-state index is 12.2. The minimum absolute atomic E-state index is 0.217. The fourth-order valence-electron chi connectivity index (χ4n) is 2.25. The molecule has 0 fully saturated rings. The number of rotatable bonds is 6. The van der Waals surface area contributed by atoms with Gasteiger partial charge in [0.25, 0.3) is 5.91 Å². The van der Waals surface area contributed by atoms with E-state index in [0.29, 0.717) is 29.2 Å². The summed E-state index contributed by atoms with van der Waals surface area (Å²) in [6.07, 6.45) is 3.36. The predicted molar refractivity (Wildman–Crippen MR) is 97.8 cm³/mol. The molecule has 1 aromatic carbocycles. The SMILES string of the molecule is O=C(NCc1ccnc(OCc2ccccc2)c1)c1ccc[nH]c1=S. The Morgan fingerprint density at radius 2 is 1.96 bits per heavy atom. The van der Waals surface area contributed by atoms with Crippen LogP contribution in [-0.4, -0.2) is 15.9 Å². The number of amides is 1. The van der Waals surface area contributed by atoms with Crippen LogP contribution in [0.4, 0.5) is 0 Å². The van der Waals surface area contributed by atoms with Gasteiger partial charge in [0, 0.05) is 25.0 Å². The van der Waals surface area contributed by atoms with Crippen molar-refractivity contribution in [3.05, 3.63) is 88.3 Å². The highest BCUT2D eigenvalue weighted by Crippen LogP contribution is 2.12. The first-order chi connectivity index (χ1) is 12.2. The molecular weight excluding hydrogens is 334 g/mol. The average Bonchev–Trinajstić information content (AvgIpc) is 2.66. The zero-order valence-corrected chi connectivity index (χ0v) is 14.3. The Hall–Kier alpha value is -2.99. The van der Waals surface area contributed by atoms with Crippen LogP contribution in [0.1, 0.15) is 21.5 Å². The molecule has 0 atom stereocenters. The summed E-state index contributed by atoms with van der Waals surface area (Å²) >= 11 is 5.11. The summed E-state index contributed by atoms with van der Waals surface area (Å²) in [5, 5.41) is 2.85. The zero-order valence-electron chi connectivity index (χ0n) is 13.4. The van der Waals surface area contributed by atoms with E-state index in [2.05, 4.69) is 15.3 Å². The van der Waals surface area contributed by atoms with E-state index in [0.717, 1.165) is 11.1 Å². The van der Waals surface area contributed by atoms with Gasteiger partial charge >= 0.3 is 0 Å². The van der Waals surface area contributed by atoms with E-state index in [1.807, 2.05) is 42.5 Å². The monoisotopic (exact) mass is 351 g/mol. The van der Waals surface area contributed by atoms with Crippen molar-refractivity contribution in [3.63, 3.8) is 0 Å². The van der Waals surface area contributed by atoms with Gasteiger partial charge < -0.3 is 15.0 Å². The number of nitrogens with one attached hydrogen (secondary N) is 2. The first-order valence-corrected chi connectivity index (χ1v) is 8.21. The van der Waals surface area contributed by atoms with Crippen molar-refractivity contribution in [2.45, 2.75) is 13.2 Å². The van der Waals surface area contributed by atoms with Crippen LogP contribution in [0, 0.1) is 4.64 Å². The van der Waals surface area contributed by atoms with Crippen molar-refractivity contribution in [1.29, 1.82) is 0 Å². The first-order valence-electron chi connectivity index (χ1n) is 7.80. The van der Waals surface area contributed by atoms with Crippen LogP contribution >= 0.6 is 12.2 Å². The van der Waals surface area contributed by atoms with Gasteiger partial charge in [-0.2, -0.15) is 0 Å². The smallest absolute Gasteiger partial charge is 0.254 e. The first kappa shape index (κ1) is 16.9. The number of H-pyrrole nitrogens is 1. The van der Waals surface area contributed by atoms with Gasteiger partial charge in [-0.25, -0.2) is 4.98 Å². The molecule has 0 aliphatic carbocycles. The highest BCUT2D eigenvalue weighted by Gasteiger charge is 2.07. The molecule has 0 aliphatic rings. The summed E-state index contributed by atoms with van der Waals surface area (Å²) in [5.41, 5.74) is 2.42. The lowest BCUT2D eigenvalue weighted by Gasteiger charge is -2.08. The summed E-state index contributed by atoms with van der Waals surface area (Å²) in [4.78, 5) is 19.2. The molecule has 2 heterocycles. The Morgan fingerprint density at radius 1 is 1.12 bits per heavy atom. The fraction of sp³-hybridized carbons (Fsp3) is 0.105. The van der Waals surface area contributed by atoms with Crippen LogP contribution in [0.15, 0.2) is 67.0 Å². The highest BCUT2D eigenvalue weighted by atomic mass is 32.1. The third-order valence-electron chi connectivity index (χ3n) is 3.54. The number of nitrogens with zero attached hydrogens (tertiary/aromatic N) is 1. The molecule has 5 nitrogen and oxygen atoms in total. The van der Waals surface area contributed by atoms with Crippen molar-refractivity contribution >= 4 is 18.1 Å². The topological polar surface area (TPSA) is 67.0 Å². The zero-order chi connectivity index (χ0) is 17.5. The third kappa shape index (κ3) is 4.74. The molecule has 126 valence electrons. The number of aromatic amines is 1. The molecule has 0 bridgehead atoms. The Morgan fingerprint density at radius 3 is 2.76 bits per heavy atom. The normalized spacial score (nSPS) is 10.2. The minimum atomic E-state index is -0.217. The highest BCUT2D eigenvalue weighted by molar-refractivity contribution is 7.71. The molecule has 0 radical (unpaired) electrons. The fourth-order valence-corrected chi connectivity index (χ4v) is 2.48. The van der Waals surface area contributed by atoms with Gasteiger partial charge in [-0.05, 0) is 29.3 Å². The van der Waals surface area contributed by atoms with Crippen LogP contribution in [-0.2, 0) is 13.2 Å². The van der Waals surface area contributed by atoms with E-state index in [9.17, 15) is 4.79 Å². The summed E-state index contributed by atoms with van der Waals surface area (Å²) in [5.74, 6) is 0.304. The Balaban J connectivity index is 1.59. The number of hydrogen-bond donors (Lipinski definition) is 2. The molecule has 2 N–H and O–H groups in total. The number of aromatic nitrogens is 2. The van der Waals surface area contributed by atoms with E-state index in [1.54, 1.807) is 24.5 Å². The molecule has 0 unspecified atom stereocenters. The van der Waals surface area contributed by atoms with Gasteiger partial charge in [0.05, 0.1) is 5.56 Å². The van der Waals surface area contributed by atoms with Gasteiger partial charge in [0.2, 0.25) is 5.88 Å². The maximum Gasteiger partial charge on any atom is 0.254 e. The van der Waals surface area contributed by atoms with Crippen LogP contribution in [0.5, 0.6) is 5.88 Å². The van der Waals surface area contributed by atoms with Crippen LogP contribution in [0.2, 0.25) is 0 Å². The number of hydrogen-bond acceptors (Lipinski definition) is 4. The lowest BCUT2D eigenvalue weighted by molar-refractivity contribution is 0.0950. The number of carbonyl (C=O) groups excluding carboxylic acids is 1. The summed E-state index contributed by atoms with van der Waals surface area (Å²) in [6.45, 7) is 0.815. The summed E-state index contributed by atoms with van der Waals surface area (Å²) in [7, 11) is 0. The Labute approximate surface area is 150 Å². The standard InChI is InChI=1S/C19H17N3O2S/c23-18(16-7-4-9-21-19(16)25)22-12-15-8-10-20-17(11-15)24-13-14-5-2-1-3-6-14/h1-11H,12-13H2,(H,21,25)(H,22,23). The van der Waals surface area contributed by atoms with Crippen molar-refractivity contribution in [2.75, 3.05) is 0 Å². The number of benzene rings is 1. The van der Waals surface area contributed by atoms with E-state index in [4.69, 9.17) is 17.0 Å². The lowest BCUT2D eigenvalue weighted by Crippen LogP contribution is -2.23. The van der Waals surface area contributed by atoms with E-state index < -0.39 is 0 Å². The molecule has 3 aromatic rings. The largest absolute Gasteiger partial charge is 0.473 e. The van der Waals surface area contributed by atoms with E-state index in [-0.39, 0.29) is 5.91 Å². The number of pyridine rings is 2. The van der Waals surface area contributed by atoms with Crippen molar-refractivity contribution in [1.82, 2.24) is 15.3 Å². The van der Waals surface area contributed by atoms with Crippen LogP contribution in [0.25, 0.3) is 0 Å². The second-order valence-corrected chi connectivity index (χ2v) is 5.78. The molecule has 0 aliphatic heterocycles. The van der Waals surface area contributed by atoms with E-state index >= 15 is 0 Å². The molecule has 1 amide bonds. The third-order valence-corrected chi connectivity index (χ3v) is 3.88. The molecule has 0 spiro atoms. The number of ether oxygens (including phenoxy) is 1. The van der Waals surface area contributed by atoms with Gasteiger partial charge in [0.15, 0.2) is 0 Å². The van der Waals surface area contributed by atoms with Crippen molar-refractivity contribution in [3.8, 4) is 5.88 Å². The molecule has 0 saturated carbocycles. The quantitative estimate of drug-likeness (QED) is 0.665. The van der Waals surface area contributed by atoms with Gasteiger partial charge in [-0.15, -0.1) is 0 Å². The minimum Gasteiger partial charge on any atom is -0.473 e. The Kier molecular flexibility index (Phi) is 5.53. The van der Waals surface area contributed by atoms with Crippen LogP contribution < -0.4 is 10.1 Å². The van der Waals surface area contributed by atoms with Crippen molar-refractivity contribution < 1.29 is 9.53 Å². The Bertz CT molecular complexity index is 910. The number of carbonyl (C=O) groups is 1. The van der Waals surface area contributed by atoms with Crippen molar-refractivity contribution in [2.24, 2.45) is 0 Å². The molecule has 0 saturated heterocycles. The molecule has 25 heavy (non-hydrogen) atoms. The summed E-state index contributed by atoms with van der Waals surface area (Å²) in [6, 6.07) is 17.0.